The zero-order chi connectivity index (χ0) is 13.1. The second-order valence-corrected chi connectivity index (χ2v) is 4.08. The van der Waals surface area contributed by atoms with Crippen molar-refractivity contribution in [1.82, 2.24) is 9.97 Å². The lowest BCUT2D eigenvalue weighted by atomic mass is 10.1. The molecule has 0 radical (unpaired) electrons. The van der Waals surface area contributed by atoms with Gasteiger partial charge in [-0.1, -0.05) is 0 Å². The molecule has 0 bridgehead atoms. The molecule has 18 heavy (non-hydrogen) atoms. The second kappa shape index (κ2) is 5.04. The van der Waals surface area contributed by atoms with Crippen LogP contribution in [-0.2, 0) is 0 Å². The fraction of sp³-hybridized carbons (Fsp3) is 0.286. The van der Waals surface area contributed by atoms with Crippen LogP contribution in [0.5, 0.6) is 5.75 Å². The fourth-order valence-corrected chi connectivity index (χ4v) is 1.82. The van der Waals surface area contributed by atoms with E-state index in [1.54, 1.807) is 0 Å². The quantitative estimate of drug-likeness (QED) is 0.900. The van der Waals surface area contributed by atoms with Crippen LogP contribution >= 0.6 is 0 Å². The molecule has 1 heterocycles. The van der Waals surface area contributed by atoms with E-state index in [1.165, 1.54) is 0 Å². The van der Waals surface area contributed by atoms with Gasteiger partial charge in [0.05, 0.1) is 23.7 Å². The molecule has 4 heteroatoms. The van der Waals surface area contributed by atoms with Crippen LogP contribution in [-0.4, -0.2) is 16.6 Å². The summed E-state index contributed by atoms with van der Waals surface area (Å²) >= 11 is 0. The summed E-state index contributed by atoms with van der Waals surface area (Å²) in [6, 6.07) is 7.77. The molecule has 0 atom stereocenters. The van der Waals surface area contributed by atoms with Crippen molar-refractivity contribution < 1.29 is 4.74 Å². The number of nitrogens with zero attached hydrogens (tertiary/aromatic N) is 2. The van der Waals surface area contributed by atoms with Gasteiger partial charge in [0.1, 0.15) is 11.6 Å². The van der Waals surface area contributed by atoms with Gasteiger partial charge in [-0.3, -0.25) is 0 Å². The molecule has 2 N–H and O–H groups in total. The van der Waals surface area contributed by atoms with Crippen LogP contribution in [0.2, 0.25) is 0 Å². The van der Waals surface area contributed by atoms with Crippen molar-refractivity contribution >= 4 is 5.69 Å². The van der Waals surface area contributed by atoms with Crippen molar-refractivity contribution in [3.8, 4) is 17.0 Å². The Labute approximate surface area is 107 Å². The Kier molecular flexibility index (Phi) is 3.46. The summed E-state index contributed by atoms with van der Waals surface area (Å²) in [6.45, 7) is 6.38. The van der Waals surface area contributed by atoms with E-state index in [-0.39, 0.29) is 0 Å². The maximum absolute atomic E-state index is 6.02. The third kappa shape index (κ3) is 2.42. The van der Waals surface area contributed by atoms with E-state index in [0.717, 1.165) is 28.5 Å². The van der Waals surface area contributed by atoms with Gasteiger partial charge < -0.3 is 10.5 Å². The first-order chi connectivity index (χ1) is 8.61. The number of anilines is 1. The first-order valence-corrected chi connectivity index (χ1v) is 5.95. The zero-order valence-corrected chi connectivity index (χ0v) is 10.9. The van der Waals surface area contributed by atoms with Gasteiger partial charge in [-0.25, -0.2) is 9.97 Å². The molecule has 0 unspecified atom stereocenters. The molecule has 94 valence electrons. The molecule has 1 aromatic carbocycles. The van der Waals surface area contributed by atoms with E-state index in [4.69, 9.17) is 10.5 Å². The molecule has 0 fully saturated rings. The van der Waals surface area contributed by atoms with E-state index in [0.29, 0.717) is 12.3 Å². The number of nitrogens with two attached hydrogens (primary N) is 1. The molecule has 0 aliphatic rings. The summed E-state index contributed by atoms with van der Waals surface area (Å²) in [5.41, 5.74) is 9.22. The van der Waals surface area contributed by atoms with Gasteiger partial charge in [0.2, 0.25) is 0 Å². The first kappa shape index (κ1) is 12.4. The summed E-state index contributed by atoms with van der Waals surface area (Å²) in [5.74, 6) is 1.58. The molecular formula is C14H17N3O. The minimum Gasteiger partial charge on any atom is -0.494 e. The number of rotatable bonds is 3. The number of aryl methyl sites for hydroxylation is 2. The first-order valence-electron chi connectivity index (χ1n) is 5.95. The predicted octanol–water partition coefficient (Wildman–Crippen LogP) is 2.74. The lowest BCUT2D eigenvalue weighted by molar-refractivity contribution is 0.340. The highest BCUT2D eigenvalue weighted by molar-refractivity contribution is 5.74. The molecule has 0 spiro atoms. The van der Waals surface area contributed by atoms with Gasteiger partial charge in [-0.2, -0.15) is 0 Å². The van der Waals surface area contributed by atoms with Crippen molar-refractivity contribution in [3.63, 3.8) is 0 Å². The van der Waals surface area contributed by atoms with Gasteiger partial charge in [-0.05, 0) is 45.0 Å². The van der Waals surface area contributed by atoms with Crippen LogP contribution < -0.4 is 10.5 Å². The molecule has 0 aliphatic heterocycles. The average Bonchev–Trinajstić information content (AvgIpc) is 2.35. The van der Waals surface area contributed by atoms with Gasteiger partial charge >= 0.3 is 0 Å². The van der Waals surface area contributed by atoms with E-state index in [1.807, 2.05) is 45.0 Å². The minimum atomic E-state index is 0.629. The lowest BCUT2D eigenvalue weighted by Crippen LogP contribution is -2.02. The zero-order valence-electron chi connectivity index (χ0n) is 10.9. The second-order valence-electron chi connectivity index (χ2n) is 4.08. The third-order valence-corrected chi connectivity index (χ3v) is 2.69. The summed E-state index contributed by atoms with van der Waals surface area (Å²) in [5, 5.41) is 0. The minimum absolute atomic E-state index is 0.629. The molecule has 2 aromatic rings. The van der Waals surface area contributed by atoms with Gasteiger partial charge in [0.15, 0.2) is 0 Å². The largest absolute Gasteiger partial charge is 0.494 e. The SMILES string of the molecule is CCOc1ccc(-c2nc(C)nc(C)c2N)cc1. The number of benzene rings is 1. The van der Waals surface area contributed by atoms with Crippen molar-refractivity contribution in [3.05, 3.63) is 35.8 Å². The van der Waals surface area contributed by atoms with Gasteiger partial charge in [-0.15, -0.1) is 0 Å². The normalized spacial score (nSPS) is 10.4. The summed E-state index contributed by atoms with van der Waals surface area (Å²) in [7, 11) is 0. The third-order valence-electron chi connectivity index (χ3n) is 2.69. The van der Waals surface area contributed by atoms with Crippen molar-refractivity contribution in [1.29, 1.82) is 0 Å². The topological polar surface area (TPSA) is 61.0 Å². The maximum Gasteiger partial charge on any atom is 0.126 e. The monoisotopic (exact) mass is 243 g/mol. The number of aromatic nitrogens is 2. The molecule has 0 saturated heterocycles. The van der Waals surface area contributed by atoms with Crippen LogP contribution in [0.3, 0.4) is 0 Å². The smallest absolute Gasteiger partial charge is 0.126 e. The van der Waals surface area contributed by atoms with E-state index in [9.17, 15) is 0 Å². The van der Waals surface area contributed by atoms with Gasteiger partial charge in [0.25, 0.3) is 0 Å². The molecule has 0 saturated carbocycles. The van der Waals surface area contributed by atoms with E-state index < -0.39 is 0 Å². The molecule has 2 rings (SSSR count). The van der Waals surface area contributed by atoms with Crippen molar-refractivity contribution in [2.24, 2.45) is 0 Å². The number of nitrogen functional groups attached to an aromatic ring is 1. The Morgan fingerprint density at radius 1 is 1.11 bits per heavy atom. The summed E-state index contributed by atoms with van der Waals surface area (Å²) in [4.78, 5) is 8.65. The van der Waals surface area contributed by atoms with E-state index >= 15 is 0 Å². The maximum atomic E-state index is 6.02. The average molecular weight is 243 g/mol. The molecule has 4 nitrogen and oxygen atoms in total. The molecule has 0 aliphatic carbocycles. The van der Waals surface area contributed by atoms with Crippen LogP contribution in [0, 0.1) is 13.8 Å². The Morgan fingerprint density at radius 3 is 2.39 bits per heavy atom. The number of ether oxygens (including phenoxy) is 1. The highest BCUT2D eigenvalue weighted by atomic mass is 16.5. The predicted molar refractivity (Wildman–Crippen MR) is 72.5 cm³/mol. The molecule has 0 amide bonds. The number of hydrogen-bond donors (Lipinski definition) is 1. The van der Waals surface area contributed by atoms with Crippen molar-refractivity contribution in [2.45, 2.75) is 20.8 Å². The Balaban J connectivity index is 2.42. The number of hydrogen-bond acceptors (Lipinski definition) is 4. The standard InChI is InChI=1S/C14H17N3O/c1-4-18-12-7-5-11(6-8-12)14-13(15)9(2)16-10(3)17-14/h5-8H,4,15H2,1-3H3. The van der Waals surface area contributed by atoms with E-state index in [2.05, 4.69) is 9.97 Å². The lowest BCUT2D eigenvalue weighted by Gasteiger charge is -2.09. The van der Waals surface area contributed by atoms with Crippen LogP contribution in [0.1, 0.15) is 18.4 Å². The molecule has 1 aromatic heterocycles. The fourth-order valence-electron chi connectivity index (χ4n) is 1.82. The Bertz CT molecular complexity index is 550. The highest BCUT2D eigenvalue weighted by Gasteiger charge is 2.09. The highest BCUT2D eigenvalue weighted by Crippen LogP contribution is 2.27. The summed E-state index contributed by atoms with van der Waals surface area (Å²) in [6.07, 6.45) is 0. The van der Waals surface area contributed by atoms with Crippen molar-refractivity contribution in [2.75, 3.05) is 12.3 Å². The Hall–Kier alpha value is -2.10. The Morgan fingerprint density at radius 2 is 1.78 bits per heavy atom. The van der Waals surface area contributed by atoms with Gasteiger partial charge in [0, 0.05) is 5.56 Å². The molecular weight excluding hydrogens is 226 g/mol. The summed E-state index contributed by atoms with van der Waals surface area (Å²) < 4.78 is 5.41. The van der Waals surface area contributed by atoms with Crippen LogP contribution in [0.15, 0.2) is 24.3 Å². The van der Waals surface area contributed by atoms with Crippen LogP contribution in [0.25, 0.3) is 11.3 Å². The van der Waals surface area contributed by atoms with Crippen LogP contribution in [0.4, 0.5) is 5.69 Å².